The molecule has 0 bridgehead atoms. The van der Waals surface area contributed by atoms with E-state index in [2.05, 4.69) is 4.90 Å². The van der Waals surface area contributed by atoms with Crippen molar-refractivity contribution in [3.05, 3.63) is 33.9 Å². The summed E-state index contributed by atoms with van der Waals surface area (Å²) in [6.07, 6.45) is 6.79. The highest BCUT2D eigenvalue weighted by Gasteiger charge is 2.31. The number of nitrogens with zero attached hydrogens (tertiary/aromatic N) is 3. The van der Waals surface area contributed by atoms with E-state index in [0.717, 1.165) is 63.9 Å². The van der Waals surface area contributed by atoms with Crippen molar-refractivity contribution in [1.82, 2.24) is 4.90 Å². The number of nitro benzene ring substituents is 1. The first-order valence-corrected chi connectivity index (χ1v) is 10.1. The molecule has 4 rings (SSSR count). The number of carbonyl (C=O) groups is 1. The van der Waals surface area contributed by atoms with Gasteiger partial charge < -0.3 is 14.5 Å². The number of benzene rings is 1. The molecule has 1 aromatic carbocycles. The molecule has 0 aromatic heterocycles. The van der Waals surface area contributed by atoms with E-state index < -0.39 is 4.92 Å². The van der Waals surface area contributed by atoms with Crippen molar-refractivity contribution < 1.29 is 14.5 Å². The molecule has 0 spiro atoms. The molecule has 1 unspecified atom stereocenters. The summed E-state index contributed by atoms with van der Waals surface area (Å²) in [5.41, 5.74) is 1.04. The number of nitro groups is 1. The summed E-state index contributed by atoms with van der Waals surface area (Å²) in [5.74, 6) is 0.391. The normalized spacial score (nSPS) is 23.8. The molecule has 3 aliphatic heterocycles. The molecular formula is C20H27N3O4. The van der Waals surface area contributed by atoms with Crippen LogP contribution in [-0.2, 0) is 4.74 Å². The number of piperidine rings is 1. The van der Waals surface area contributed by atoms with Gasteiger partial charge in [-0.3, -0.25) is 14.9 Å². The minimum Gasteiger partial charge on any atom is -0.378 e. The van der Waals surface area contributed by atoms with Gasteiger partial charge in [0.2, 0.25) is 0 Å². The maximum absolute atomic E-state index is 12.8. The van der Waals surface area contributed by atoms with Gasteiger partial charge in [-0.2, -0.15) is 0 Å². The molecule has 0 saturated carbocycles. The zero-order valence-corrected chi connectivity index (χ0v) is 15.6. The van der Waals surface area contributed by atoms with Gasteiger partial charge in [-0.1, -0.05) is 0 Å². The lowest BCUT2D eigenvalue weighted by Crippen LogP contribution is -2.38. The van der Waals surface area contributed by atoms with Gasteiger partial charge in [0.05, 0.1) is 11.0 Å². The summed E-state index contributed by atoms with van der Waals surface area (Å²) < 4.78 is 5.84. The first-order chi connectivity index (χ1) is 13.1. The Morgan fingerprint density at radius 1 is 1.07 bits per heavy atom. The Kier molecular flexibility index (Phi) is 5.29. The Balaban J connectivity index is 1.50. The van der Waals surface area contributed by atoms with Gasteiger partial charge in [0.1, 0.15) is 5.56 Å². The number of anilines is 1. The molecule has 3 saturated heterocycles. The fourth-order valence-electron chi connectivity index (χ4n) is 4.65. The standard InChI is InChI=1S/C20H27N3O4/c24-20(22-9-1-2-10-22)17-14-16(5-6-18(17)23(25)26)21-11-7-15(8-12-21)19-4-3-13-27-19/h5-6,14-15,19H,1-4,7-13H2. The van der Waals surface area contributed by atoms with Crippen molar-refractivity contribution >= 4 is 17.3 Å². The van der Waals surface area contributed by atoms with Crippen LogP contribution in [0.25, 0.3) is 0 Å². The fourth-order valence-corrected chi connectivity index (χ4v) is 4.65. The second-order valence-electron chi connectivity index (χ2n) is 7.83. The second kappa shape index (κ2) is 7.84. The average molecular weight is 373 g/mol. The van der Waals surface area contributed by atoms with Crippen molar-refractivity contribution in [3.63, 3.8) is 0 Å². The third-order valence-electron chi connectivity index (χ3n) is 6.20. The third kappa shape index (κ3) is 3.78. The van der Waals surface area contributed by atoms with Gasteiger partial charge in [-0.05, 0) is 56.6 Å². The lowest BCUT2D eigenvalue weighted by atomic mass is 9.89. The van der Waals surface area contributed by atoms with Crippen LogP contribution in [0.2, 0.25) is 0 Å². The second-order valence-corrected chi connectivity index (χ2v) is 7.83. The minimum absolute atomic E-state index is 0.0927. The number of amides is 1. The topological polar surface area (TPSA) is 75.9 Å². The van der Waals surface area contributed by atoms with Crippen LogP contribution in [0.5, 0.6) is 0 Å². The first-order valence-electron chi connectivity index (χ1n) is 10.1. The summed E-state index contributed by atoms with van der Waals surface area (Å²) in [6.45, 7) is 4.06. The molecule has 1 atom stereocenters. The van der Waals surface area contributed by atoms with Crippen molar-refractivity contribution in [1.29, 1.82) is 0 Å². The molecule has 3 heterocycles. The zero-order chi connectivity index (χ0) is 18.8. The SMILES string of the molecule is O=C(c1cc(N2CCC(C3CCCO3)CC2)ccc1[N+](=O)[O-])N1CCCC1. The Morgan fingerprint density at radius 2 is 1.81 bits per heavy atom. The molecule has 0 N–H and O–H groups in total. The number of rotatable bonds is 4. The predicted molar refractivity (Wildman–Crippen MR) is 102 cm³/mol. The predicted octanol–water partition coefficient (Wildman–Crippen LogP) is 3.23. The number of ether oxygens (including phenoxy) is 1. The largest absolute Gasteiger partial charge is 0.378 e. The molecule has 1 aromatic rings. The lowest BCUT2D eigenvalue weighted by molar-refractivity contribution is -0.385. The zero-order valence-electron chi connectivity index (χ0n) is 15.6. The first kappa shape index (κ1) is 18.2. The van der Waals surface area contributed by atoms with Crippen LogP contribution < -0.4 is 4.90 Å². The van der Waals surface area contributed by atoms with Crippen LogP contribution in [0.1, 0.15) is 48.9 Å². The number of carbonyl (C=O) groups excluding carboxylic acids is 1. The van der Waals surface area contributed by atoms with Crippen molar-refractivity contribution in [2.45, 2.75) is 44.6 Å². The molecule has 3 fully saturated rings. The highest BCUT2D eigenvalue weighted by molar-refractivity contribution is 5.99. The van der Waals surface area contributed by atoms with Gasteiger partial charge in [0.15, 0.2) is 0 Å². The minimum atomic E-state index is -0.448. The van der Waals surface area contributed by atoms with Crippen molar-refractivity contribution in [2.75, 3.05) is 37.7 Å². The van der Waals surface area contributed by atoms with Crippen LogP contribution >= 0.6 is 0 Å². The highest BCUT2D eigenvalue weighted by Crippen LogP contribution is 2.33. The van der Waals surface area contributed by atoms with E-state index in [1.54, 1.807) is 17.0 Å². The van der Waals surface area contributed by atoms with E-state index in [0.29, 0.717) is 25.1 Å². The van der Waals surface area contributed by atoms with Crippen LogP contribution in [-0.4, -0.2) is 54.6 Å². The molecular weight excluding hydrogens is 346 g/mol. The summed E-state index contributed by atoms with van der Waals surface area (Å²) in [7, 11) is 0. The quantitative estimate of drug-likeness (QED) is 0.598. The van der Waals surface area contributed by atoms with Gasteiger partial charge in [0.25, 0.3) is 11.6 Å². The van der Waals surface area contributed by atoms with Crippen LogP contribution in [0.4, 0.5) is 11.4 Å². The number of likely N-dealkylation sites (tertiary alicyclic amines) is 1. The van der Waals surface area contributed by atoms with E-state index in [-0.39, 0.29) is 17.2 Å². The maximum atomic E-state index is 12.8. The van der Waals surface area contributed by atoms with E-state index >= 15 is 0 Å². The molecule has 0 radical (unpaired) electrons. The maximum Gasteiger partial charge on any atom is 0.282 e. The fraction of sp³-hybridized carbons (Fsp3) is 0.650. The molecule has 0 aliphatic carbocycles. The van der Waals surface area contributed by atoms with Gasteiger partial charge in [-0.15, -0.1) is 0 Å². The average Bonchev–Trinajstić information content (AvgIpc) is 3.41. The molecule has 3 aliphatic rings. The Labute approximate surface area is 159 Å². The van der Waals surface area contributed by atoms with Crippen molar-refractivity contribution in [2.24, 2.45) is 5.92 Å². The van der Waals surface area contributed by atoms with Gasteiger partial charge in [-0.25, -0.2) is 0 Å². The molecule has 146 valence electrons. The van der Waals surface area contributed by atoms with Gasteiger partial charge >= 0.3 is 0 Å². The van der Waals surface area contributed by atoms with Crippen LogP contribution in [0.3, 0.4) is 0 Å². The van der Waals surface area contributed by atoms with E-state index in [4.69, 9.17) is 4.74 Å². The van der Waals surface area contributed by atoms with Gasteiger partial charge in [0, 0.05) is 44.5 Å². The third-order valence-corrected chi connectivity index (χ3v) is 6.20. The molecule has 7 nitrogen and oxygen atoms in total. The summed E-state index contributed by atoms with van der Waals surface area (Å²) in [4.78, 5) is 27.8. The Bertz CT molecular complexity index is 703. The molecule has 27 heavy (non-hydrogen) atoms. The molecule has 7 heteroatoms. The number of hydrogen-bond acceptors (Lipinski definition) is 5. The van der Waals surface area contributed by atoms with E-state index in [9.17, 15) is 14.9 Å². The lowest BCUT2D eigenvalue weighted by Gasteiger charge is -2.36. The molecule has 1 amide bonds. The smallest absolute Gasteiger partial charge is 0.282 e. The van der Waals surface area contributed by atoms with E-state index in [1.165, 1.54) is 6.07 Å². The number of hydrogen-bond donors (Lipinski definition) is 0. The van der Waals surface area contributed by atoms with E-state index in [1.807, 2.05) is 0 Å². The van der Waals surface area contributed by atoms with Crippen molar-refractivity contribution in [3.8, 4) is 0 Å². The summed E-state index contributed by atoms with van der Waals surface area (Å²) >= 11 is 0. The summed E-state index contributed by atoms with van der Waals surface area (Å²) in [5, 5.41) is 11.4. The monoisotopic (exact) mass is 373 g/mol. The van der Waals surface area contributed by atoms with Crippen LogP contribution in [0, 0.1) is 16.0 Å². The Morgan fingerprint density at radius 3 is 2.44 bits per heavy atom. The highest BCUT2D eigenvalue weighted by atomic mass is 16.6. The summed E-state index contributed by atoms with van der Waals surface area (Å²) in [6, 6.07) is 5.00. The Hall–Kier alpha value is -2.15. The van der Waals surface area contributed by atoms with Crippen LogP contribution in [0.15, 0.2) is 18.2 Å².